The zero-order valence-corrected chi connectivity index (χ0v) is 9.17. The molecule has 1 aromatic heterocycles. The van der Waals surface area contributed by atoms with Gasteiger partial charge in [-0.05, 0) is 5.56 Å². The molecule has 0 aliphatic heterocycles. The maximum absolute atomic E-state index is 12.0. The van der Waals surface area contributed by atoms with Crippen LogP contribution in [0.2, 0.25) is 0 Å². The van der Waals surface area contributed by atoms with Gasteiger partial charge in [0.15, 0.2) is 0 Å². The van der Waals surface area contributed by atoms with Gasteiger partial charge >= 0.3 is 5.97 Å². The van der Waals surface area contributed by atoms with Gasteiger partial charge in [0.2, 0.25) is 5.43 Å². The van der Waals surface area contributed by atoms with Crippen molar-refractivity contribution in [2.45, 2.75) is 0 Å². The second-order valence-electron chi connectivity index (χ2n) is 3.39. The second kappa shape index (κ2) is 4.65. The molecule has 2 rings (SSSR count). The molecule has 0 atom stereocenters. The van der Waals surface area contributed by atoms with E-state index in [1.807, 2.05) is 6.07 Å². The molecule has 0 fully saturated rings. The molecule has 0 N–H and O–H groups in total. The average molecular weight is 230 g/mol. The molecule has 1 aromatic carbocycles. The van der Waals surface area contributed by atoms with E-state index in [9.17, 15) is 9.59 Å². The molecule has 0 radical (unpaired) electrons. The lowest BCUT2D eigenvalue weighted by Crippen LogP contribution is -2.17. The summed E-state index contributed by atoms with van der Waals surface area (Å²) in [6.45, 7) is 0. The van der Waals surface area contributed by atoms with Gasteiger partial charge in [0.1, 0.15) is 18.1 Å². The molecule has 2 aromatic rings. The maximum Gasteiger partial charge on any atom is 0.345 e. The summed E-state index contributed by atoms with van der Waals surface area (Å²) in [5, 5.41) is 0. The Morgan fingerprint density at radius 1 is 1.18 bits per heavy atom. The van der Waals surface area contributed by atoms with Crippen LogP contribution in [0.1, 0.15) is 10.4 Å². The fraction of sp³-hybridized carbons (Fsp3) is 0.0769. The predicted octanol–water partition coefficient (Wildman–Crippen LogP) is 2.09. The Balaban J connectivity index is 2.58. The zero-order valence-electron chi connectivity index (χ0n) is 9.17. The average Bonchev–Trinajstić information content (AvgIpc) is 2.39. The van der Waals surface area contributed by atoms with Gasteiger partial charge in [-0.15, -0.1) is 0 Å². The SMILES string of the molecule is COC(=O)c1cocc(-c2ccccc2)c1=O. The third kappa shape index (κ3) is 2.10. The van der Waals surface area contributed by atoms with Crippen molar-refractivity contribution in [2.24, 2.45) is 0 Å². The van der Waals surface area contributed by atoms with Crippen LogP contribution in [-0.4, -0.2) is 13.1 Å². The molecular weight excluding hydrogens is 220 g/mol. The minimum Gasteiger partial charge on any atom is -0.471 e. The van der Waals surface area contributed by atoms with Crippen LogP contribution >= 0.6 is 0 Å². The quantitative estimate of drug-likeness (QED) is 0.741. The van der Waals surface area contributed by atoms with E-state index in [2.05, 4.69) is 4.74 Å². The Hall–Kier alpha value is -2.36. The standard InChI is InChI=1S/C13H10O4/c1-16-13(15)11-8-17-7-10(12(11)14)9-5-3-2-4-6-9/h2-8H,1H3. The number of carbonyl (C=O) groups excluding carboxylic acids is 1. The smallest absolute Gasteiger partial charge is 0.345 e. The van der Waals surface area contributed by atoms with Gasteiger partial charge in [0.25, 0.3) is 0 Å². The number of hydrogen-bond acceptors (Lipinski definition) is 4. The Morgan fingerprint density at radius 2 is 1.88 bits per heavy atom. The monoisotopic (exact) mass is 230 g/mol. The molecule has 0 aliphatic rings. The highest BCUT2D eigenvalue weighted by Gasteiger charge is 2.15. The minimum absolute atomic E-state index is 0.103. The number of benzene rings is 1. The summed E-state index contributed by atoms with van der Waals surface area (Å²) in [5.74, 6) is -0.698. The van der Waals surface area contributed by atoms with Crippen molar-refractivity contribution in [1.82, 2.24) is 0 Å². The van der Waals surface area contributed by atoms with Crippen molar-refractivity contribution >= 4 is 5.97 Å². The van der Waals surface area contributed by atoms with Gasteiger partial charge in [0, 0.05) is 0 Å². The summed E-state index contributed by atoms with van der Waals surface area (Å²) in [6.07, 6.45) is 2.42. The second-order valence-corrected chi connectivity index (χ2v) is 3.39. The molecule has 0 saturated heterocycles. The lowest BCUT2D eigenvalue weighted by atomic mass is 10.1. The van der Waals surface area contributed by atoms with Gasteiger partial charge in [0.05, 0.1) is 12.7 Å². The number of carbonyl (C=O) groups is 1. The molecule has 17 heavy (non-hydrogen) atoms. The van der Waals surface area contributed by atoms with Crippen LogP contribution in [0.25, 0.3) is 11.1 Å². The van der Waals surface area contributed by atoms with Gasteiger partial charge in [-0.1, -0.05) is 30.3 Å². The Kier molecular flexibility index (Phi) is 3.05. The van der Waals surface area contributed by atoms with E-state index in [4.69, 9.17) is 4.42 Å². The first kappa shape index (κ1) is 11.1. The molecular formula is C13H10O4. The zero-order chi connectivity index (χ0) is 12.3. The molecule has 4 nitrogen and oxygen atoms in total. The fourth-order valence-electron chi connectivity index (χ4n) is 1.49. The van der Waals surface area contributed by atoms with Gasteiger partial charge in [-0.3, -0.25) is 4.79 Å². The molecule has 0 saturated carbocycles. The van der Waals surface area contributed by atoms with Crippen molar-refractivity contribution in [3.8, 4) is 11.1 Å². The first-order chi connectivity index (χ1) is 8.24. The highest BCUT2D eigenvalue weighted by atomic mass is 16.5. The summed E-state index contributed by atoms with van der Waals surface area (Å²) >= 11 is 0. The lowest BCUT2D eigenvalue weighted by Gasteiger charge is -2.02. The first-order valence-electron chi connectivity index (χ1n) is 4.98. The minimum atomic E-state index is -0.698. The van der Waals surface area contributed by atoms with E-state index < -0.39 is 11.4 Å². The van der Waals surface area contributed by atoms with Gasteiger partial charge in [-0.25, -0.2) is 4.79 Å². The van der Waals surface area contributed by atoms with E-state index in [1.165, 1.54) is 13.4 Å². The summed E-state index contributed by atoms with van der Waals surface area (Å²) in [6, 6.07) is 9.00. The van der Waals surface area contributed by atoms with Gasteiger partial charge < -0.3 is 9.15 Å². The van der Waals surface area contributed by atoms with Crippen LogP contribution in [0, 0.1) is 0 Å². The van der Waals surface area contributed by atoms with Crippen molar-refractivity contribution in [3.63, 3.8) is 0 Å². The lowest BCUT2D eigenvalue weighted by molar-refractivity contribution is 0.0596. The summed E-state index contributed by atoms with van der Waals surface area (Å²) in [7, 11) is 1.22. The van der Waals surface area contributed by atoms with E-state index in [1.54, 1.807) is 24.3 Å². The van der Waals surface area contributed by atoms with Crippen molar-refractivity contribution in [2.75, 3.05) is 7.11 Å². The molecule has 4 heteroatoms. The molecule has 0 unspecified atom stereocenters. The fourth-order valence-corrected chi connectivity index (χ4v) is 1.49. The molecule has 0 spiro atoms. The maximum atomic E-state index is 12.0. The Labute approximate surface area is 97.5 Å². The van der Waals surface area contributed by atoms with Crippen LogP contribution < -0.4 is 5.43 Å². The van der Waals surface area contributed by atoms with E-state index in [-0.39, 0.29) is 5.56 Å². The van der Waals surface area contributed by atoms with Crippen molar-refractivity contribution in [1.29, 1.82) is 0 Å². The number of methoxy groups -OCH3 is 1. The number of ether oxygens (including phenoxy) is 1. The Bertz CT molecular complexity index is 584. The molecule has 86 valence electrons. The third-order valence-electron chi connectivity index (χ3n) is 2.35. The van der Waals surface area contributed by atoms with Crippen LogP contribution in [0.4, 0.5) is 0 Å². The van der Waals surface area contributed by atoms with Crippen LogP contribution in [0.15, 0.2) is 52.1 Å². The van der Waals surface area contributed by atoms with E-state index in [0.29, 0.717) is 11.1 Å². The number of esters is 1. The topological polar surface area (TPSA) is 56.5 Å². The highest BCUT2D eigenvalue weighted by molar-refractivity contribution is 5.90. The largest absolute Gasteiger partial charge is 0.471 e. The Morgan fingerprint density at radius 3 is 2.53 bits per heavy atom. The van der Waals surface area contributed by atoms with Gasteiger partial charge in [-0.2, -0.15) is 0 Å². The molecule has 0 amide bonds. The number of hydrogen-bond donors (Lipinski definition) is 0. The predicted molar refractivity (Wildman–Crippen MR) is 61.8 cm³/mol. The van der Waals surface area contributed by atoms with E-state index in [0.717, 1.165) is 6.26 Å². The normalized spacial score (nSPS) is 9.94. The molecule has 0 bridgehead atoms. The van der Waals surface area contributed by atoms with Crippen molar-refractivity contribution in [3.05, 3.63) is 58.6 Å². The van der Waals surface area contributed by atoms with E-state index >= 15 is 0 Å². The summed E-state index contributed by atoms with van der Waals surface area (Å²) in [4.78, 5) is 23.3. The highest BCUT2D eigenvalue weighted by Crippen LogP contribution is 2.15. The number of rotatable bonds is 2. The summed E-state index contributed by atoms with van der Waals surface area (Å²) < 4.78 is 9.51. The first-order valence-corrected chi connectivity index (χ1v) is 4.98. The summed E-state index contributed by atoms with van der Waals surface area (Å²) in [5.41, 5.74) is 0.545. The van der Waals surface area contributed by atoms with Crippen LogP contribution in [-0.2, 0) is 4.74 Å². The van der Waals surface area contributed by atoms with Crippen LogP contribution in [0.3, 0.4) is 0 Å². The molecule has 1 heterocycles. The van der Waals surface area contributed by atoms with Crippen LogP contribution in [0.5, 0.6) is 0 Å². The van der Waals surface area contributed by atoms with Crippen molar-refractivity contribution < 1.29 is 13.9 Å². The third-order valence-corrected chi connectivity index (χ3v) is 2.35. The molecule has 0 aliphatic carbocycles.